The summed E-state index contributed by atoms with van der Waals surface area (Å²) < 4.78 is 1.31. The molecule has 0 fully saturated rings. The van der Waals surface area contributed by atoms with Crippen LogP contribution < -0.4 is 0 Å². The minimum atomic E-state index is 0.726. The molecule has 0 heterocycles. The van der Waals surface area contributed by atoms with Gasteiger partial charge in [0.1, 0.15) is 0 Å². The largest absolute Gasteiger partial charge is 0.322 e. The first kappa shape index (κ1) is 6.95. The highest BCUT2D eigenvalue weighted by molar-refractivity contribution is 9.07. The van der Waals surface area contributed by atoms with Gasteiger partial charge >= 0.3 is 6.41 Å². The highest BCUT2D eigenvalue weighted by Gasteiger charge is 1.89. The van der Waals surface area contributed by atoms with Crippen molar-refractivity contribution >= 4 is 22.6 Å². The molecule has 0 aromatic heterocycles. The molecule has 41 valence electrons. The highest BCUT2D eigenvalue weighted by atomic mass is 79.9. The molecule has 0 unspecified atom stereocenters. The molecule has 0 aliphatic heterocycles. The Kier molecular flexibility index (Phi) is 4.09. The Balaban J connectivity index is 2.98. The van der Waals surface area contributed by atoms with Gasteiger partial charge in [-0.1, -0.05) is 6.92 Å². The van der Waals surface area contributed by atoms with Crippen LogP contribution in [0.1, 0.15) is 13.3 Å². The third-order valence-electron chi connectivity index (χ3n) is 0.519. The lowest BCUT2D eigenvalue weighted by molar-refractivity contribution is 0.507. The van der Waals surface area contributed by atoms with Gasteiger partial charge in [0.15, 0.2) is 0 Å². The average molecular weight is 165 g/mol. The zero-order chi connectivity index (χ0) is 5.70. The SMILES string of the molecule is CCCN(Br)[C]=O. The number of hydrogen-bond donors (Lipinski definition) is 0. The van der Waals surface area contributed by atoms with Gasteiger partial charge in [0.05, 0.1) is 16.1 Å². The topological polar surface area (TPSA) is 20.3 Å². The van der Waals surface area contributed by atoms with Gasteiger partial charge in [-0.25, -0.2) is 0 Å². The van der Waals surface area contributed by atoms with E-state index >= 15 is 0 Å². The molecule has 0 bridgehead atoms. The van der Waals surface area contributed by atoms with E-state index in [0.717, 1.165) is 13.0 Å². The lowest BCUT2D eigenvalue weighted by Gasteiger charge is -2.00. The second-order valence-electron chi connectivity index (χ2n) is 1.18. The van der Waals surface area contributed by atoms with Gasteiger partial charge < -0.3 is 0 Å². The second-order valence-corrected chi connectivity index (χ2v) is 2.03. The quantitative estimate of drug-likeness (QED) is 0.452. The van der Waals surface area contributed by atoms with Crippen molar-refractivity contribution < 1.29 is 4.79 Å². The minimum absolute atomic E-state index is 0.726. The van der Waals surface area contributed by atoms with Crippen molar-refractivity contribution in [1.29, 1.82) is 0 Å². The Morgan fingerprint density at radius 3 is 2.57 bits per heavy atom. The van der Waals surface area contributed by atoms with Crippen molar-refractivity contribution in [2.45, 2.75) is 13.3 Å². The summed E-state index contributed by atoms with van der Waals surface area (Å²) >= 11 is 2.95. The van der Waals surface area contributed by atoms with E-state index in [9.17, 15) is 4.79 Å². The van der Waals surface area contributed by atoms with Crippen LogP contribution >= 0.6 is 16.1 Å². The van der Waals surface area contributed by atoms with E-state index in [-0.39, 0.29) is 0 Å². The maximum Gasteiger partial charge on any atom is 0.322 e. The number of amides is 1. The second kappa shape index (κ2) is 4.12. The fraction of sp³-hybridized carbons (Fsp3) is 0.750. The van der Waals surface area contributed by atoms with Gasteiger partial charge in [-0.15, -0.1) is 0 Å². The summed E-state index contributed by atoms with van der Waals surface area (Å²) in [6, 6.07) is 0. The molecule has 0 spiro atoms. The van der Waals surface area contributed by atoms with Crippen LogP contribution in [-0.2, 0) is 4.79 Å². The van der Waals surface area contributed by atoms with Crippen molar-refractivity contribution in [3.63, 3.8) is 0 Å². The minimum Gasteiger partial charge on any atom is -0.271 e. The number of carbonyl (C=O) groups excluding carboxylic acids is 1. The normalized spacial score (nSPS) is 8.29. The molecular weight excluding hydrogens is 158 g/mol. The molecular formula is C4H7BrNO. The average Bonchev–Trinajstić information content (AvgIpc) is 1.68. The van der Waals surface area contributed by atoms with Crippen LogP contribution in [0.25, 0.3) is 0 Å². The van der Waals surface area contributed by atoms with Crippen LogP contribution in [0.2, 0.25) is 0 Å². The Labute approximate surface area is 51.8 Å². The van der Waals surface area contributed by atoms with Gasteiger partial charge in [0.2, 0.25) is 0 Å². The first-order valence-electron chi connectivity index (χ1n) is 2.12. The van der Waals surface area contributed by atoms with Gasteiger partial charge in [0, 0.05) is 6.54 Å². The van der Waals surface area contributed by atoms with Gasteiger partial charge in [-0.2, -0.15) is 0 Å². The van der Waals surface area contributed by atoms with Crippen LogP contribution in [0.5, 0.6) is 0 Å². The van der Waals surface area contributed by atoms with Crippen molar-refractivity contribution in [2.75, 3.05) is 6.54 Å². The van der Waals surface area contributed by atoms with E-state index in [1.165, 1.54) is 3.93 Å². The van der Waals surface area contributed by atoms with Gasteiger partial charge in [-0.05, 0) is 6.42 Å². The van der Waals surface area contributed by atoms with Crippen LogP contribution in [0.4, 0.5) is 0 Å². The predicted molar refractivity (Wildman–Crippen MR) is 31.6 cm³/mol. The molecule has 0 saturated carbocycles. The summed E-state index contributed by atoms with van der Waals surface area (Å²) in [4.78, 5) is 9.65. The maximum atomic E-state index is 9.65. The molecule has 0 rings (SSSR count). The zero-order valence-corrected chi connectivity index (χ0v) is 5.73. The third-order valence-corrected chi connectivity index (χ3v) is 1.02. The Bertz CT molecular complexity index is 57.7. The van der Waals surface area contributed by atoms with Crippen molar-refractivity contribution in [3.8, 4) is 0 Å². The highest BCUT2D eigenvalue weighted by Crippen LogP contribution is 1.92. The first-order chi connectivity index (χ1) is 3.31. The third kappa shape index (κ3) is 3.79. The molecule has 0 aliphatic carbocycles. The predicted octanol–water partition coefficient (Wildman–Crippen LogP) is 1.08. The molecule has 0 atom stereocenters. The summed E-state index contributed by atoms with van der Waals surface area (Å²) in [7, 11) is 0. The number of nitrogens with zero attached hydrogens (tertiary/aromatic N) is 1. The standard InChI is InChI=1S/C4H7BrNO/c1-2-3-6(5)4-7/h2-3H2,1H3. The fourth-order valence-electron chi connectivity index (χ4n) is 0.242. The van der Waals surface area contributed by atoms with E-state index in [0.29, 0.717) is 0 Å². The smallest absolute Gasteiger partial charge is 0.271 e. The summed E-state index contributed by atoms with van der Waals surface area (Å²) in [6.45, 7) is 2.72. The number of rotatable bonds is 3. The molecule has 0 N–H and O–H groups in total. The van der Waals surface area contributed by atoms with Gasteiger partial charge in [0.25, 0.3) is 0 Å². The summed E-state index contributed by atoms with van der Waals surface area (Å²) in [5.74, 6) is 0. The lowest BCUT2D eigenvalue weighted by Crippen LogP contribution is -2.07. The molecule has 0 saturated heterocycles. The number of halogens is 1. The van der Waals surface area contributed by atoms with E-state index in [1.807, 2.05) is 6.92 Å². The number of hydrogen-bond acceptors (Lipinski definition) is 1. The summed E-state index contributed by atoms with van der Waals surface area (Å²) in [6.07, 6.45) is 2.62. The lowest BCUT2D eigenvalue weighted by atomic mass is 10.5. The summed E-state index contributed by atoms with van der Waals surface area (Å²) in [5.41, 5.74) is 0. The molecule has 2 nitrogen and oxygen atoms in total. The fourth-order valence-corrected chi connectivity index (χ4v) is 0.597. The van der Waals surface area contributed by atoms with Crippen molar-refractivity contribution in [3.05, 3.63) is 0 Å². The molecule has 0 aromatic rings. The van der Waals surface area contributed by atoms with Crippen LogP contribution in [0.3, 0.4) is 0 Å². The molecule has 0 aliphatic rings. The van der Waals surface area contributed by atoms with E-state index < -0.39 is 0 Å². The Hall–Kier alpha value is -0.0500. The zero-order valence-electron chi connectivity index (χ0n) is 4.15. The van der Waals surface area contributed by atoms with Crippen molar-refractivity contribution in [2.24, 2.45) is 0 Å². The monoisotopic (exact) mass is 164 g/mol. The molecule has 0 aromatic carbocycles. The van der Waals surface area contributed by atoms with Gasteiger partial charge in [-0.3, -0.25) is 8.72 Å². The van der Waals surface area contributed by atoms with E-state index in [1.54, 1.807) is 6.41 Å². The molecule has 3 heteroatoms. The molecule has 7 heavy (non-hydrogen) atoms. The van der Waals surface area contributed by atoms with Crippen LogP contribution in [0, 0.1) is 0 Å². The maximum absolute atomic E-state index is 9.65. The van der Waals surface area contributed by atoms with Crippen LogP contribution in [-0.4, -0.2) is 16.9 Å². The first-order valence-corrected chi connectivity index (χ1v) is 2.83. The van der Waals surface area contributed by atoms with Crippen molar-refractivity contribution in [1.82, 2.24) is 3.93 Å². The Morgan fingerprint density at radius 1 is 1.86 bits per heavy atom. The van der Waals surface area contributed by atoms with E-state index in [2.05, 4.69) is 16.1 Å². The van der Waals surface area contributed by atoms with Crippen LogP contribution in [0.15, 0.2) is 0 Å². The molecule has 1 amide bonds. The van der Waals surface area contributed by atoms with E-state index in [4.69, 9.17) is 0 Å². The molecule has 1 radical (unpaired) electrons. The Morgan fingerprint density at radius 2 is 2.43 bits per heavy atom. The summed E-state index contributed by atoms with van der Waals surface area (Å²) in [5, 5.41) is 0.